The van der Waals surface area contributed by atoms with Crippen LogP contribution in [0.25, 0.3) is 0 Å². The predicted octanol–water partition coefficient (Wildman–Crippen LogP) is 0.771. The SMILES string of the molecule is CCC(CN)CC(=O)NCc1ccc(C(=O)O)nc1. The molecule has 6 nitrogen and oxygen atoms in total. The minimum absolute atomic E-state index is 0.00995. The fourth-order valence-corrected chi connectivity index (χ4v) is 1.58. The van der Waals surface area contributed by atoms with Crippen molar-refractivity contribution >= 4 is 11.9 Å². The third-order valence-corrected chi connectivity index (χ3v) is 2.92. The van der Waals surface area contributed by atoms with E-state index in [9.17, 15) is 9.59 Å². The molecule has 0 aromatic carbocycles. The molecule has 6 heteroatoms. The third kappa shape index (κ3) is 5.05. The van der Waals surface area contributed by atoms with Crippen molar-refractivity contribution in [1.29, 1.82) is 0 Å². The van der Waals surface area contributed by atoms with E-state index in [-0.39, 0.29) is 17.5 Å². The van der Waals surface area contributed by atoms with Crippen molar-refractivity contribution in [3.05, 3.63) is 29.6 Å². The number of carbonyl (C=O) groups excluding carboxylic acids is 1. The number of aromatic nitrogens is 1. The summed E-state index contributed by atoms with van der Waals surface area (Å²) >= 11 is 0. The van der Waals surface area contributed by atoms with Crippen LogP contribution in [0.3, 0.4) is 0 Å². The molecule has 19 heavy (non-hydrogen) atoms. The first-order valence-corrected chi connectivity index (χ1v) is 6.21. The van der Waals surface area contributed by atoms with E-state index in [0.717, 1.165) is 12.0 Å². The van der Waals surface area contributed by atoms with Crippen LogP contribution in [0.2, 0.25) is 0 Å². The van der Waals surface area contributed by atoms with Crippen molar-refractivity contribution in [3.8, 4) is 0 Å². The Kier molecular flexibility index (Phi) is 5.95. The number of nitrogens with zero attached hydrogens (tertiary/aromatic N) is 1. The van der Waals surface area contributed by atoms with E-state index in [0.29, 0.717) is 19.5 Å². The van der Waals surface area contributed by atoms with Gasteiger partial charge in [0, 0.05) is 19.2 Å². The van der Waals surface area contributed by atoms with Gasteiger partial charge in [0.15, 0.2) is 0 Å². The van der Waals surface area contributed by atoms with Crippen molar-refractivity contribution in [3.63, 3.8) is 0 Å². The second-order valence-electron chi connectivity index (χ2n) is 4.35. The minimum Gasteiger partial charge on any atom is -0.477 e. The first kappa shape index (κ1) is 15.1. The van der Waals surface area contributed by atoms with Gasteiger partial charge >= 0.3 is 5.97 Å². The Morgan fingerprint density at radius 1 is 1.47 bits per heavy atom. The number of nitrogens with two attached hydrogens (primary N) is 1. The van der Waals surface area contributed by atoms with E-state index in [1.165, 1.54) is 12.3 Å². The van der Waals surface area contributed by atoms with Crippen molar-refractivity contribution < 1.29 is 14.7 Å². The van der Waals surface area contributed by atoms with Crippen molar-refractivity contribution in [2.24, 2.45) is 11.7 Å². The molecule has 104 valence electrons. The molecule has 0 aliphatic rings. The second kappa shape index (κ2) is 7.48. The van der Waals surface area contributed by atoms with Crippen LogP contribution in [0.15, 0.2) is 18.3 Å². The van der Waals surface area contributed by atoms with Crippen molar-refractivity contribution in [1.82, 2.24) is 10.3 Å². The molecule has 1 unspecified atom stereocenters. The van der Waals surface area contributed by atoms with Gasteiger partial charge in [-0.2, -0.15) is 0 Å². The molecule has 0 aliphatic heterocycles. The monoisotopic (exact) mass is 265 g/mol. The molecular formula is C13H19N3O3. The highest BCUT2D eigenvalue weighted by atomic mass is 16.4. The molecule has 0 radical (unpaired) electrons. The fraction of sp³-hybridized carbons (Fsp3) is 0.462. The lowest BCUT2D eigenvalue weighted by atomic mass is 10.0. The summed E-state index contributed by atoms with van der Waals surface area (Å²) in [5.41, 5.74) is 6.29. The zero-order valence-corrected chi connectivity index (χ0v) is 10.9. The van der Waals surface area contributed by atoms with Crippen LogP contribution in [-0.4, -0.2) is 28.5 Å². The van der Waals surface area contributed by atoms with Gasteiger partial charge in [-0.15, -0.1) is 0 Å². The number of hydrogen-bond donors (Lipinski definition) is 3. The molecule has 1 heterocycles. The van der Waals surface area contributed by atoms with E-state index in [4.69, 9.17) is 10.8 Å². The summed E-state index contributed by atoms with van der Waals surface area (Å²) in [6, 6.07) is 3.05. The summed E-state index contributed by atoms with van der Waals surface area (Å²) in [6.07, 6.45) is 2.73. The first-order valence-electron chi connectivity index (χ1n) is 6.21. The highest BCUT2D eigenvalue weighted by Gasteiger charge is 2.10. The van der Waals surface area contributed by atoms with Gasteiger partial charge < -0.3 is 16.2 Å². The van der Waals surface area contributed by atoms with Crippen LogP contribution in [0.1, 0.15) is 35.8 Å². The number of pyridine rings is 1. The van der Waals surface area contributed by atoms with Gasteiger partial charge in [-0.3, -0.25) is 4.79 Å². The minimum atomic E-state index is -1.07. The summed E-state index contributed by atoms with van der Waals surface area (Å²) in [7, 11) is 0. The third-order valence-electron chi connectivity index (χ3n) is 2.92. The molecule has 0 fully saturated rings. The fourth-order valence-electron chi connectivity index (χ4n) is 1.58. The van der Waals surface area contributed by atoms with Crippen LogP contribution in [0.4, 0.5) is 0 Å². The first-order chi connectivity index (χ1) is 9.06. The summed E-state index contributed by atoms with van der Waals surface area (Å²) in [5.74, 6) is -0.920. The zero-order valence-electron chi connectivity index (χ0n) is 10.9. The molecule has 0 saturated carbocycles. The maximum Gasteiger partial charge on any atom is 0.354 e. The topological polar surface area (TPSA) is 105 Å². The van der Waals surface area contributed by atoms with Gasteiger partial charge in [-0.1, -0.05) is 19.4 Å². The molecular weight excluding hydrogens is 246 g/mol. The van der Waals surface area contributed by atoms with E-state index >= 15 is 0 Å². The summed E-state index contributed by atoms with van der Waals surface area (Å²) < 4.78 is 0. The number of aromatic carboxylic acids is 1. The molecule has 0 bridgehead atoms. The maximum atomic E-state index is 11.6. The number of rotatable bonds is 7. The van der Waals surface area contributed by atoms with Gasteiger partial charge in [-0.25, -0.2) is 9.78 Å². The number of nitrogens with one attached hydrogen (secondary N) is 1. The second-order valence-corrected chi connectivity index (χ2v) is 4.35. The molecule has 1 aromatic rings. The lowest BCUT2D eigenvalue weighted by Gasteiger charge is -2.11. The number of hydrogen-bond acceptors (Lipinski definition) is 4. The average molecular weight is 265 g/mol. The molecule has 0 aliphatic carbocycles. The quantitative estimate of drug-likeness (QED) is 0.675. The predicted molar refractivity (Wildman–Crippen MR) is 70.5 cm³/mol. The summed E-state index contributed by atoms with van der Waals surface area (Å²) in [4.78, 5) is 26.0. The maximum absolute atomic E-state index is 11.6. The van der Waals surface area contributed by atoms with Crippen LogP contribution < -0.4 is 11.1 Å². The molecule has 4 N–H and O–H groups in total. The number of carbonyl (C=O) groups is 2. The molecule has 1 rings (SSSR count). The molecule has 1 amide bonds. The van der Waals surface area contributed by atoms with E-state index < -0.39 is 5.97 Å². The Morgan fingerprint density at radius 3 is 2.68 bits per heavy atom. The molecule has 1 atom stereocenters. The number of carboxylic acids is 1. The Balaban J connectivity index is 2.43. The smallest absolute Gasteiger partial charge is 0.354 e. The van der Waals surface area contributed by atoms with Crippen molar-refractivity contribution in [2.75, 3.05) is 6.54 Å². The Morgan fingerprint density at radius 2 is 2.21 bits per heavy atom. The molecule has 1 aromatic heterocycles. The van der Waals surface area contributed by atoms with E-state index in [2.05, 4.69) is 10.3 Å². The summed E-state index contributed by atoms with van der Waals surface area (Å²) in [5, 5.41) is 11.5. The Hall–Kier alpha value is -1.95. The normalized spacial score (nSPS) is 11.9. The van der Waals surface area contributed by atoms with Crippen LogP contribution in [0.5, 0.6) is 0 Å². The van der Waals surface area contributed by atoms with Gasteiger partial charge in [0.1, 0.15) is 5.69 Å². The van der Waals surface area contributed by atoms with Gasteiger partial charge in [-0.05, 0) is 24.1 Å². The zero-order chi connectivity index (χ0) is 14.3. The number of amides is 1. The largest absolute Gasteiger partial charge is 0.477 e. The average Bonchev–Trinajstić information content (AvgIpc) is 2.43. The lowest BCUT2D eigenvalue weighted by Crippen LogP contribution is -2.27. The van der Waals surface area contributed by atoms with Crippen LogP contribution in [-0.2, 0) is 11.3 Å². The van der Waals surface area contributed by atoms with Gasteiger partial charge in [0.2, 0.25) is 5.91 Å². The highest BCUT2D eigenvalue weighted by molar-refractivity contribution is 5.85. The van der Waals surface area contributed by atoms with Crippen molar-refractivity contribution in [2.45, 2.75) is 26.3 Å². The van der Waals surface area contributed by atoms with E-state index in [1.807, 2.05) is 6.92 Å². The van der Waals surface area contributed by atoms with Gasteiger partial charge in [0.05, 0.1) is 0 Å². The van der Waals surface area contributed by atoms with Gasteiger partial charge in [0.25, 0.3) is 0 Å². The Bertz CT molecular complexity index is 427. The van der Waals surface area contributed by atoms with Crippen LogP contribution >= 0.6 is 0 Å². The standard InChI is InChI=1S/C13H19N3O3/c1-2-9(6-14)5-12(17)16-8-10-3-4-11(13(18)19)15-7-10/h3-4,7,9H,2,5-6,8,14H2,1H3,(H,16,17)(H,18,19). The van der Waals surface area contributed by atoms with E-state index in [1.54, 1.807) is 6.07 Å². The lowest BCUT2D eigenvalue weighted by molar-refractivity contribution is -0.122. The summed E-state index contributed by atoms with van der Waals surface area (Å²) in [6.45, 7) is 2.84. The Labute approximate surface area is 112 Å². The highest BCUT2D eigenvalue weighted by Crippen LogP contribution is 2.06. The van der Waals surface area contributed by atoms with Crippen LogP contribution in [0, 0.1) is 5.92 Å². The molecule has 0 saturated heterocycles. The molecule has 0 spiro atoms. The number of carboxylic acid groups (broad SMARTS) is 1.